The summed E-state index contributed by atoms with van der Waals surface area (Å²) in [6, 6.07) is 3.15. The number of thiophene rings is 1. The SMILES string of the molecule is CC(Cl)c1ccc([N+](=O)[O-])s1. The first kappa shape index (κ1) is 8.49. The number of halogens is 1. The zero-order valence-corrected chi connectivity index (χ0v) is 7.35. The van der Waals surface area contributed by atoms with E-state index in [1.807, 2.05) is 0 Å². The Morgan fingerprint density at radius 3 is 2.64 bits per heavy atom. The molecule has 0 saturated heterocycles. The monoisotopic (exact) mass is 191 g/mol. The molecular weight excluding hydrogens is 186 g/mol. The molecule has 0 bridgehead atoms. The minimum atomic E-state index is -0.409. The topological polar surface area (TPSA) is 43.1 Å². The second-order valence-corrected chi connectivity index (χ2v) is 3.80. The van der Waals surface area contributed by atoms with Crippen molar-refractivity contribution >= 4 is 27.9 Å². The van der Waals surface area contributed by atoms with Gasteiger partial charge in [0.15, 0.2) is 0 Å². The van der Waals surface area contributed by atoms with E-state index in [2.05, 4.69) is 0 Å². The van der Waals surface area contributed by atoms with E-state index in [0.29, 0.717) is 0 Å². The van der Waals surface area contributed by atoms with Crippen molar-refractivity contribution in [3.63, 3.8) is 0 Å². The summed E-state index contributed by atoms with van der Waals surface area (Å²) < 4.78 is 0. The first-order valence-electron chi connectivity index (χ1n) is 2.99. The highest BCUT2D eigenvalue weighted by Crippen LogP contribution is 2.31. The first-order valence-corrected chi connectivity index (χ1v) is 4.24. The Hall–Kier alpha value is -0.610. The minimum Gasteiger partial charge on any atom is -0.258 e. The summed E-state index contributed by atoms with van der Waals surface area (Å²) in [7, 11) is 0. The molecule has 11 heavy (non-hydrogen) atoms. The Kier molecular flexibility index (Phi) is 2.46. The van der Waals surface area contributed by atoms with E-state index in [1.165, 1.54) is 6.07 Å². The number of hydrogen-bond donors (Lipinski definition) is 0. The van der Waals surface area contributed by atoms with E-state index in [9.17, 15) is 10.1 Å². The second kappa shape index (κ2) is 3.19. The highest BCUT2D eigenvalue weighted by atomic mass is 35.5. The third-order valence-electron chi connectivity index (χ3n) is 1.18. The Morgan fingerprint density at radius 2 is 2.36 bits per heavy atom. The van der Waals surface area contributed by atoms with Gasteiger partial charge in [-0.15, -0.1) is 11.6 Å². The quantitative estimate of drug-likeness (QED) is 0.410. The van der Waals surface area contributed by atoms with E-state index in [-0.39, 0.29) is 10.4 Å². The van der Waals surface area contributed by atoms with Crippen LogP contribution in [0.25, 0.3) is 0 Å². The maximum atomic E-state index is 10.2. The van der Waals surface area contributed by atoms with Gasteiger partial charge in [0.05, 0.1) is 10.3 Å². The summed E-state index contributed by atoms with van der Waals surface area (Å²) in [5.41, 5.74) is 0. The minimum absolute atomic E-state index is 0.145. The molecule has 60 valence electrons. The largest absolute Gasteiger partial charge is 0.324 e. The summed E-state index contributed by atoms with van der Waals surface area (Å²) >= 11 is 6.83. The summed E-state index contributed by atoms with van der Waals surface area (Å²) in [5, 5.41) is 10.2. The molecule has 0 aliphatic heterocycles. The second-order valence-electron chi connectivity index (χ2n) is 2.05. The highest BCUT2D eigenvalue weighted by Gasteiger charge is 2.11. The van der Waals surface area contributed by atoms with Crippen LogP contribution in [0.4, 0.5) is 5.00 Å². The maximum absolute atomic E-state index is 10.2. The van der Waals surface area contributed by atoms with Gasteiger partial charge >= 0.3 is 5.00 Å². The van der Waals surface area contributed by atoms with Crippen LogP contribution in [0.1, 0.15) is 17.2 Å². The van der Waals surface area contributed by atoms with Crippen LogP contribution in [-0.4, -0.2) is 4.92 Å². The van der Waals surface area contributed by atoms with Crippen LogP contribution in [0.3, 0.4) is 0 Å². The van der Waals surface area contributed by atoms with Crippen LogP contribution in [0.5, 0.6) is 0 Å². The van der Waals surface area contributed by atoms with E-state index < -0.39 is 4.92 Å². The van der Waals surface area contributed by atoms with Gasteiger partial charge in [0, 0.05) is 10.9 Å². The van der Waals surface area contributed by atoms with E-state index in [4.69, 9.17) is 11.6 Å². The molecule has 0 radical (unpaired) electrons. The first-order chi connectivity index (χ1) is 5.11. The van der Waals surface area contributed by atoms with Gasteiger partial charge in [-0.25, -0.2) is 0 Å². The van der Waals surface area contributed by atoms with Crippen molar-refractivity contribution in [1.82, 2.24) is 0 Å². The predicted octanol–water partition coefficient (Wildman–Crippen LogP) is 2.96. The molecule has 0 aliphatic rings. The van der Waals surface area contributed by atoms with Crippen molar-refractivity contribution in [3.8, 4) is 0 Å². The van der Waals surface area contributed by atoms with Gasteiger partial charge in [-0.2, -0.15) is 0 Å². The van der Waals surface area contributed by atoms with Crippen molar-refractivity contribution in [2.45, 2.75) is 12.3 Å². The third kappa shape index (κ3) is 1.91. The lowest BCUT2D eigenvalue weighted by molar-refractivity contribution is -0.380. The summed E-state index contributed by atoms with van der Waals surface area (Å²) in [5.74, 6) is 0. The van der Waals surface area contributed by atoms with E-state index >= 15 is 0 Å². The van der Waals surface area contributed by atoms with Gasteiger partial charge in [-0.3, -0.25) is 10.1 Å². The molecule has 3 nitrogen and oxygen atoms in total. The van der Waals surface area contributed by atoms with E-state index in [1.54, 1.807) is 13.0 Å². The lowest BCUT2D eigenvalue weighted by Gasteiger charge is -1.92. The predicted molar refractivity (Wildman–Crippen MR) is 45.2 cm³/mol. The van der Waals surface area contributed by atoms with Crippen LogP contribution in [0.2, 0.25) is 0 Å². The van der Waals surface area contributed by atoms with Crippen molar-refractivity contribution in [1.29, 1.82) is 0 Å². The molecule has 0 aromatic carbocycles. The number of nitro groups is 1. The van der Waals surface area contributed by atoms with Crippen LogP contribution < -0.4 is 0 Å². The lowest BCUT2D eigenvalue weighted by atomic mass is 10.4. The molecule has 5 heteroatoms. The van der Waals surface area contributed by atoms with Gasteiger partial charge < -0.3 is 0 Å². The van der Waals surface area contributed by atoms with Crippen LogP contribution in [0.15, 0.2) is 12.1 Å². The maximum Gasteiger partial charge on any atom is 0.324 e. The molecule has 1 atom stereocenters. The van der Waals surface area contributed by atoms with Crippen molar-refractivity contribution in [3.05, 3.63) is 27.1 Å². The average Bonchev–Trinajstić information content (AvgIpc) is 2.33. The molecule has 1 unspecified atom stereocenters. The lowest BCUT2D eigenvalue weighted by Crippen LogP contribution is -1.80. The standard InChI is InChI=1S/C6H6ClNO2S/c1-4(7)5-2-3-6(11-5)8(9)10/h2-4H,1H3. The molecule has 1 rings (SSSR count). The van der Waals surface area contributed by atoms with Gasteiger partial charge in [-0.05, 0) is 13.0 Å². The van der Waals surface area contributed by atoms with Gasteiger partial charge in [0.1, 0.15) is 0 Å². The van der Waals surface area contributed by atoms with Gasteiger partial charge in [-0.1, -0.05) is 11.3 Å². The number of nitrogens with zero attached hydrogens (tertiary/aromatic N) is 1. The Balaban J connectivity index is 2.90. The number of rotatable bonds is 2. The van der Waals surface area contributed by atoms with Crippen molar-refractivity contribution in [2.75, 3.05) is 0 Å². The van der Waals surface area contributed by atoms with Crippen LogP contribution >= 0.6 is 22.9 Å². The van der Waals surface area contributed by atoms with Crippen molar-refractivity contribution in [2.24, 2.45) is 0 Å². The summed E-state index contributed by atoms with van der Waals surface area (Å²) in [6.07, 6.45) is 0. The molecule has 1 heterocycles. The molecule has 0 spiro atoms. The Labute approximate surface area is 72.8 Å². The van der Waals surface area contributed by atoms with E-state index in [0.717, 1.165) is 16.2 Å². The molecule has 0 fully saturated rings. The van der Waals surface area contributed by atoms with Gasteiger partial charge in [0.2, 0.25) is 0 Å². The Morgan fingerprint density at radius 1 is 1.73 bits per heavy atom. The fraction of sp³-hybridized carbons (Fsp3) is 0.333. The summed E-state index contributed by atoms with van der Waals surface area (Å²) in [6.45, 7) is 1.79. The van der Waals surface area contributed by atoms with Crippen LogP contribution in [0, 0.1) is 10.1 Å². The van der Waals surface area contributed by atoms with Crippen LogP contribution in [-0.2, 0) is 0 Å². The molecule has 0 aliphatic carbocycles. The smallest absolute Gasteiger partial charge is 0.258 e. The highest BCUT2D eigenvalue weighted by molar-refractivity contribution is 7.15. The number of alkyl halides is 1. The van der Waals surface area contributed by atoms with Gasteiger partial charge in [0.25, 0.3) is 0 Å². The molecular formula is C6H6ClNO2S. The Bertz CT molecular complexity index is 271. The summed E-state index contributed by atoms with van der Waals surface area (Å²) in [4.78, 5) is 10.6. The normalized spacial score (nSPS) is 12.9. The molecule has 1 aromatic heterocycles. The number of hydrogen-bond acceptors (Lipinski definition) is 3. The average molecular weight is 192 g/mol. The zero-order valence-electron chi connectivity index (χ0n) is 5.78. The molecule has 0 amide bonds. The fourth-order valence-electron chi connectivity index (χ4n) is 0.654. The molecule has 1 aromatic rings. The van der Waals surface area contributed by atoms with Crippen molar-refractivity contribution < 1.29 is 4.92 Å². The fourth-order valence-corrected chi connectivity index (χ4v) is 1.61. The molecule has 0 saturated carbocycles. The molecule has 0 N–H and O–H groups in total. The third-order valence-corrected chi connectivity index (χ3v) is 2.77. The zero-order chi connectivity index (χ0) is 8.43.